The number of benzene rings is 3. The van der Waals surface area contributed by atoms with Gasteiger partial charge in [-0.3, -0.25) is 19.5 Å². The molecule has 6 aliphatic rings. The van der Waals surface area contributed by atoms with Crippen LogP contribution < -0.4 is 25.2 Å². The molecule has 15 nitrogen and oxygen atoms in total. The Morgan fingerprint density at radius 3 is 2.38 bits per heavy atom. The van der Waals surface area contributed by atoms with E-state index < -0.39 is 23.3 Å². The van der Waals surface area contributed by atoms with Crippen LogP contribution in [0.5, 0.6) is 11.8 Å². The van der Waals surface area contributed by atoms with E-state index in [0.717, 1.165) is 82.2 Å². The van der Waals surface area contributed by atoms with Gasteiger partial charge in [0.1, 0.15) is 47.2 Å². The number of halogens is 3. The van der Waals surface area contributed by atoms with Crippen LogP contribution in [0.25, 0.3) is 32.9 Å². The highest BCUT2D eigenvalue weighted by atomic mass is 19.1. The Labute approximate surface area is 441 Å². The number of carbonyl (C=O) groups excluding carboxylic acids is 3. The first kappa shape index (κ1) is 51.6. The van der Waals surface area contributed by atoms with Crippen molar-refractivity contribution >= 4 is 51.3 Å². The minimum atomic E-state index is -1.28. The number of piperazine rings is 1. The van der Waals surface area contributed by atoms with Gasteiger partial charge in [-0.25, -0.2) is 13.2 Å². The fourth-order valence-corrected chi connectivity index (χ4v) is 13.1. The number of aldehydes is 1. The summed E-state index contributed by atoms with van der Waals surface area (Å²) in [6, 6.07) is 11.1. The van der Waals surface area contributed by atoms with Gasteiger partial charge in [0.05, 0.1) is 17.0 Å². The van der Waals surface area contributed by atoms with Gasteiger partial charge in [0.2, 0.25) is 5.91 Å². The summed E-state index contributed by atoms with van der Waals surface area (Å²) in [6.45, 7) is 7.87. The number of ether oxygens (including phenoxy) is 1. The molecule has 2 aromatic heterocycles. The number of alkyl halides is 1. The lowest BCUT2D eigenvalue weighted by Crippen LogP contribution is -2.51. The van der Waals surface area contributed by atoms with Crippen LogP contribution in [0.4, 0.5) is 24.7 Å². The maximum Gasteiger partial charge on any atom is 0.319 e. The molecular weight excluding hydrogens is 974 g/mol. The molecule has 76 heavy (non-hydrogen) atoms. The lowest BCUT2D eigenvalue weighted by molar-refractivity contribution is -0.121. The Hall–Kier alpha value is -6.55. The molecule has 0 aliphatic carbocycles. The van der Waals surface area contributed by atoms with E-state index in [1.54, 1.807) is 24.2 Å². The molecule has 2 bridgehead atoms. The molecule has 5 fully saturated rings. The van der Waals surface area contributed by atoms with Crippen molar-refractivity contribution in [1.82, 2.24) is 40.3 Å². The number of pyridine rings is 1. The van der Waals surface area contributed by atoms with Gasteiger partial charge in [-0.2, -0.15) is 9.97 Å². The maximum absolute atomic E-state index is 17.0. The number of hydrogen-bond donors (Lipinski definition) is 3. The van der Waals surface area contributed by atoms with Crippen LogP contribution in [-0.2, 0) is 16.1 Å². The lowest BCUT2D eigenvalue weighted by atomic mass is 9.82. The number of hydrogen-bond acceptors (Lipinski definition) is 13. The second-order valence-corrected chi connectivity index (χ2v) is 22.1. The smallest absolute Gasteiger partial charge is 0.319 e. The van der Waals surface area contributed by atoms with Gasteiger partial charge in [0.25, 0.3) is 5.91 Å². The third-order valence-electron chi connectivity index (χ3n) is 17.3. The number of aromatic hydroxyl groups is 1. The summed E-state index contributed by atoms with van der Waals surface area (Å²) in [6.07, 6.45) is 16.9. The molecule has 400 valence electrons. The summed E-state index contributed by atoms with van der Waals surface area (Å²) < 4.78 is 54.9. The molecule has 0 saturated carbocycles. The van der Waals surface area contributed by atoms with E-state index in [9.17, 15) is 19.5 Å². The molecule has 0 radical (unpaired) electrons. The molecule has 3 N–H and O–H groups in total. The van der Waals surface area contributed by atoms with Crippen LogP contribution in [0.15, 0.2) is 48.7 Å². The summed E-state index contributed by atoms with van der Waals surface area (Å²) in [5, 5.41) is 18.1. The number of fused-ring (bicyclic) bond motifs is 5. The fourth-order valence-electron chi connectivity index (χ4n) is 13.1. The summed E-state index contributed by atoms with van der Waals surface area (Å²) in [7, 11) is 1.55. The molecule has 5 aromatic rings. The largest absolute Gasteiger partial charge is 0.508 e. The zero-order valence-electron chi connectivity index (χ0n) is 43.2. The normalized spacial score (nSPS) is 21.8. The van der Waals surface area contributed by atoms with Gasteiger partial charge in [-0.1, -0.05) is 18.1 Å². The van der Waals surface area contributed by atoms with E-state index in [0.29, 0.717) is 99.3 Å². The molecule has 11 rings (SSSR count). The number of terminal acetylenes is 1. The van der Waals surface area contributed by atoms with Gasteiger partial charge in [0.15, 0.2) is 5.82 Å². The zero-order chi connectivity index (χ0) is 52.7. The van der Waals surface area contributed by atoms with Crippen molar-refractivity contribution in [2.75, 3.05) is 88.9 Å². The summed E-state index contributed by atoms with van der Waals surface area (Å²) >= 11 is 0. The molecular formula is C58H67F3N10O5. The highest BCUT2D eigenvalue weighted by Gasteiger charge is 2.41. The second kappa shape index (κ2) is 21.8. The van der Waals surface area contributed by atoms with Crippen LogP contribution >= 0.6 is 0 Å². The number of amides is 2. The first-order valence-corrected chi connectivity index (χ1v) is 27.3. The standard InChI is InChI=1S/C58H67F3N10O5/c1-3-43-48(59)11-7-38-28-42(73)29-45(51(38)43)53-52(60)54-46(30-63-53)55(70-31-39-8-9-40(32-70)64-39)66-57(65-54)76-26-25-67-19-13-36(14-20-67)27-37-15-21-68(22-16-37)35-58(61)17-23-69(24-18-58)49-6-4-5-44-47(49)33-71(56(44)75)41(34-72)10-12-50(74)62-2/h1,4-7,11,28-30,34,36-37,39-41,64,73H,8-10,12-27,31-33,35H2,2H3,(H,62,74). The fraction of sp³-hybridized carbons (Fsp3) is 0.517. The third kappa shape index (κ3) is 10.5. The van der Waals surface area contributed by atoms with Crippen molar-refractivity contribution in [1.29, 1.82) is 0 Å². The Balaban J connectivity index is 0.664. The molecule has 2 amide bonds. The minimum absolute atomic E-state index is 0.0207. The number of piperidine rings is 3. The molecule has 18 heteroatoms. The molecule has 5 saturated heterocycles. The Kier molecular flexibility index (Phi) is 14.8. The van der Waals surface area contributed by atoms with Crippen LogP contribution in [-0.4, -0.2) is 156 Å². The summed E-state index contributed by atoms with van der Waals surface area (Å²) in [4.78, 5) is 62.0. The quantitative estimate of drug-likeness (QED) is 0.0686. The molecule has 6 aliphatic heterocycles. The number of nitrogens with zero attached hydrogens (tertiary/aromatic N) is 8. The van der Waals surface area contributed by atoms with E-state index in [2.05, 4.69) is 46.1 Å². The van der Waals surface area contributed by atoms with Crippen molar-refractivity contribution in [2.24, 2.45) is 11.8 Å². The number of phenolic OH excluding ortho intramolecular Hbond substituents is 1. The Bertz CT molecular complexity index is 3050. The van der Waals surface area contributed by atoms with E-state index in [-0.39, 0.29) is 76.2 Å². The molecule has 8 heterocycles. The monoisotopic (exact) mass is 1040 g/mol. The van der Waals surface area contributed by atoms with E-state index in [1.807, 2.05) is 12.1 Å². The average molecular weight is 1040 g/mol. The summed E-state index contributed by atoms with van der Waals surface area (Å²) in [5.41, 5.74) is 1.08. The van der Waals surface area contributed by atoms with Crippen LogP contribution in [0.2, 0.25) is 0 Å². The van der Waals surface area contributed by atoms with E-state index in [1.165, 1.54) is 30.7 Å². The summed E-state index contributed by atoms with van der Waals surface area (Å²) in [5.74, 6) is 2.29. The number of rotatable bonds is 16. The maximum atomic E-state index is 17.0. The van der Waals surface area contributed by atoms with Gasteiger partial charge in [0, 0.05) is 118 Å². The number of anilines is 2. The molecule has 3 unspecified atom stereocenters. The van der Waals surface area contributed by atoms with Crippen molar-refractivity contribution < 1.29 is 37.4 Å². The van der Waals surface area contributed by atoms with Gasteiger partial charge in [-0.15, -0.1) is 6.42 Å². The predicted octanol–water partition coefficient (Wildman–Crippen LogP) is 7.00. The molecule has 0 spiro atoms. The van der Waals surface area contributed by atoms with Crippen LogP contribution in [0.1, 0.15) is 92.1 Å². The molecule has 3 aromatic carbocycles. The average Bonchev–Trinajstić information content (AvgIpc) is 3.95. The number of phenols is 1. The Morgan fingerprint density at radius 2 is 1.68 bits per heavy atom. The van der Waals surface area contributed by atoms with Gasteiger partial charge >= 0.3 is 6.01 Å². The van der Waals surface area contributed by atoms with E-state index in [4.69, 9.17) is 16.1 Å². The predicted molar refractivity (Wildman–Crippen MR) is 285 cm³/mol. The van der Waals surface area contributed by atoms with E-state index >= 15 is 13.2 Å². The van der Waals surface area contributed by atoms with Crippen LogP contribution in [0, 0.1) is 35.8 Å². The first-order valence-electron chi connectivity index (χ1n) is 27.3. The highest BCUT2D eigenvalue weighted by molar-refractivity contribution is 6.03. The number of likely N-dealkylation sites (tertiary alicyclic amines) is 2. The Morgan fingerprint density at radius 1 is 0.961 bits per heavy atom. The SMILES string of the molecule is C#Cc1c(F)ccc2cc(O)cc(-c3ncc4c(N5CC6CCC(C5)N6)nc(OCCN5CCC(CC6CCN(CC7(F)CCN(c8cccc9c8CN(C(C=O)CCC(=O)NC)C9=O)CC7)CC6)CC5)nc4c3F)c12. The second-order valence-electron chi connectivity index (χ2n) is 22.1. The zero-order valence-corrected chi connectivity index (χ0v) is 43.2. The first-order chi connectivity index (χ1) is 36.9. The number of carbonyl (C=O) groups is 3. The lowest BCUT2D eigenvalue weighted by Gasteiger charge is -2.42. The van der Waals surface area contributed by atoms with Gasteiger partial charge in [-0.05, 0) is 125 Å². The molecule has 3 atom stereocenters. The van der Waals surface area contributed by atoms with Crippen molar-refractivity contribution in [3.63, 3.8) is 0 Å². The van der Waals surface area contributed by atoms with Crippen LogP contribution in [0.3, 0.4) is 0 Å². The van der Waals surface area contributed by atoms with Gasteiger partial charge < -0.3 is 44.9 Å². The highest BCUT2D eigenvalue weighted by Crippen LogP contribution is 2.41. The van der Waals surface area contributed by atoms with Crippen molar-refractivity contribution in [3.8, 4) is 35.4 Å². The number of aromatic nitrogens is 3. The minimum Gasteiger partial charge on any atom is -0.508 e. The van der Waals surface area contributed by atoms with Crippen molar-refractivity contribution in [2.45, 2.75) is 101 Å². The van der Waals surface area contributed by atoms with Crippen molar-refractivity contribution in [3.05, 3.63) is 77.0 Å². The number of nitrogens with one attached hydrogen (secondary N) is 2. The third-order valence-corrected chi connectivity index (χ3v) is 17.3. The topological polar surface area (TPSA) is 160 Å².